The third kappa shape index (κ3) is 5.05. The van der Waals surface area contributed by atoms with Gasteiger partial charge in [0, 0.05) is 32.2 Å². The first-order valence-corrected chi connectivity index (χ1v) is 6.00. The minimum Gasteiger partial charge on any atom is -0.375 e. The summed E-state index contributed by atoms with van der Waals surface area (Å²) in [7, 11) is 2.08. The van der Waals surface area contributed by atoms with Gasteiger partial charge >= 0.3 is 0 Å². The molecule has 0 saturated carbocycles. The predicted molar refractivity (Wildman–Crippen MR) is 62.5 cm³/mol. The van der Waals surface area contributed by atoms with Gasteiger partial charge in [-0.3, -0.25) is 4.79 Å². The summed E-state index contributed by atoms with van der Waals surface area (Å²) in [4.78, 5) is 13.4. The number of ether oxygens (including phenoxy) is 2. The Morgan fingerprint density at radius 1 is 1.38 bits per heavy atom. The topological polar surface area (TPSA) is 38.8 Å². The van der Waals surface area contributed by atoms with Crippen molar-refractivity contribution in [3.05, 3.63) is 0 Å². The van der Waals surface area contributed by atoms with Crippen LogP contribution in [0.4, 0.5) is 0 Å². The van der Waals surface area contributed by atoms with E-state index >= 15 is 0 Å². The molecule has 0 aromatic carbocycles. The van der Waals surface area contributed by atoms with Crippen molar-refractivity contribution in [2.75, 3.05) is 40.0 Å². The number of ketones is 1. The molecular weight excluding hydrogens is 206 g/mol. The zero-order chi connectivity index (χ0) is 12.0. The zero-order valence-corrected chi connectivity index (χ0v) is 10.6. The van der Waals surface area contributed by atoms with Crippen LogP contribution in [0.5, 0.6) is 0 Å². The van der Waals surface area contributed by atoms with Gasteiger partial charge in [0.15, 0.2) is 5.78 Å². The number of carbonyl (C=O) groups excluding carboxylic acids is 1. The van der Waals surface area contributed by atoms with E-state index in [0.717, 1.165) is 26.1 Å². The maximum Gasteiger partial charge on any atom is 0.160 e. The number of hydrogen-bond donors (Lipinski definition) is 0. The van der Waals surface area contributed by atoms with Gasteiger partial charge in [-0.05, 0) is 13.5 Å². The van der Waals surface area contributed by atoms with Gasteiger partial charge in [-0.1, -0.05) is 13.8 Å². The van der Waals surface area contributed by atoms with Crippen LogP contribution in [-0.4, -0.2) is 56.7 Å². The molecule has 1 aliphatic heterocycles. The van der Waals surface area contributed by atoms with E-state index < -0.39 is 0 Å². The van der Waals surface area contributed by atoms with E-state index in [4.69, 9.17) is 9.47 Å². The molecule has 1 fully saturated rings. The van der Waals surface area contributed by atoms with E-state index in [0.29, 0.717) is 12.7 Å². The lowest BCUT2D eigenvalue weighted by atomic mass is 10.1. The first-order chi connectivity index (χ1) is 7.59. The van der Waals surface area contributed by atoms with Gasteiger partial charge in [0.05, 0.1) is 6.10 Å². The molecule has 0 amide bonds. The average Bonchev–Trinajstić information content (AvgIpc) is 2.19. The van der Waals surface area contributed by atoms with Crippen LogP contribution in [-0.2, 0) is 14.3 Å². The Hall–Kier alpha value is -0.450. The number of likely N-dealkylation sites (N-methyl/N-ethyl adjacent to an activating group) is 1. The van der Waals surface area contributed by atoms with Crippen molar-refractivity contribution in [2.24, 2.45) is 5.92 Å². The fraction of sp³-hybridized carbons (Fsp3) is 0.917. The fourth-order valence-corrected chi connectivity index (χ4v) is 1.50. The van der Waals surface area contributed by atoms with E-state index in [2.05, 4.69) is 11.9 Å². The highest BCUT2D eigenvalue weighted by Crippen LogP contribution is 2.08. The molecule has 0 atom stereocenters. The van der Waals surface area contributed by atoms with Crippen LogP contribution >= 0.6 is 0 Å². The van der Waals surface area contributed by atoms with Crippen molar-refractivity contribution in [3.8, 4) is 0 Å². The summed E-state index contributed by atoms with van der Waals surface area (Å²) in [6, 6.07) is 0. The maximum absolute atomic E-state index is 11.2. The summed E-state index contributed by atoms with van der Waals surface area (Å²) >= 11 is 0. The summed E-state index contributed by atoms with van der Waals surface area (Å²) in [5.41, 5.74) is 0. The molecule has 94 valence electrons. The van der Waals surface area contributed by atoms with Gasteiger partial charge < -0.3 is 14.4 Å². The molecule has 0 aromatic heterocycles. The Kier molecular flexibility index (Phi) is 5.95. The largest absolute Gasteiger partial charge is 0.375 e. The summed E-state index contributed by atoms with van der Waals surface area (Å²) in [5.74, 6) is 0.239. The highest BCUT2D eigenvalue weighted by Gasteiger charge is 2.23. The van der Waals surface area contributed by atoms with Crippen molar-refractivity contribution >= 4 is 5.78 Å². The van der Waals surface area contributed by atoms with E-state index in [1.165, 1.54) is 0 Å². The standard InChI is InChI=1S/C12H23NO3/c1-10(2)12(14)9-15-5-4-6-16-11-7-13(3)8-11/h10-11H,4-9H2,1-3H3. The van der Waals surface area contributed by atoms with Crippen LogP contribution in [0.3, 0.4) is 0 Å². The second-order valence-corrected chi connectivity index (χ2v) is 4.74. The molecule has 1 heterocycles. The van der Waals surface area contributed by atoms with Crippen LogP contribution in [0.15, 0.2) is 0 Å². The van der Waals surface area contributed by atoms with Gasteiger partial charge in [-0.15, -0.1) is 0 Å². The van der Waals surface area contributed by atoms with Crippen LogP contribution in [0.2, 0.25) is 0 Å². The number of rotatable bonds is 8. The Morgan fingerprint density at radius 3 is 2.62 bits per heavy atom. The number of carbonyl (C=O) groups is 1. The summed E-state index contributed by atoms with van der Waals surface area (Å²) in [5, 5.41) is 0. The van der Waals surface area contributed by atoms with E-state index in [1.807, 2.05) is 13.8 Å². The Morgan fingerprint density at radius 2 is 2.06 bits per heavy atom. The minimum atomic E-state index is 0.0711. The summed E-state index contributed by atoms with van der Waals surface area (Å²) < 4.78 is 10.9. The molecule has 4 heteroatoms. The SMILES string of the molecule is CC(C)C(=O)COCCCOC1CN(C)C1. The molecule has 16 heavy (non-hydrogen) atoms. The quantitative estimate of drug-likeness (QED) is 0.581. The van der Waals surface area contributed by atoms with Crippen molar-refractivity contribution in [2.45, 2.75) is 26.4 Å². The highest BCUT2D eigenvalue weighted by molar-refractivity contribution is 5.81. The molecule has 0 bridgehead atoms. The molecular formula is C12H23NO3. The smallest absolute Gasteiger partial charge is 0.160 e. The van der Waals surface area contributed by atoms with Gasteiger partial charge in [0.1, 0.15) is 6.61 Å². The van der Waals surface area contributed by atoms with E-state index in [9.17, 15) is 4.79 Å². The summed E-state index contributed by atoms with van der Waals surface area (Å²) in [6.07, 6.45) is 1.27. The van der Waals surface area contributed by atoms with Gasteiger partial charge in [0.2, 0.25) is 0 Å². The fourth-order valence-electron chi connectivity index (χ4n) is 1.50. The predicted octanol–water partition coefficient (Wildman–Crippen LogP) is 0.949. The molecule has 0 unspecified atom stereocenters. The van der Waals surface area contributed by atoms with Crippen molar-refractivity contribution in [1.29, 1.82) is 0 Å². The van der Waals surface area contributed by atoms with Crippen molar-refractivity contribution in [3.63, 3.8) is 0 Å². The number of hydrogen-bond acceptors (Lipinski definition) is 4. The number of likely N-dealkylation sites (tertiary alicyclic amines) is 1. The van der Waals surface area contributed by atoms with E-state index in [1.54, 1.807) is 0 Å². The first kappa shape index (κ1) is 13.6. The van der Waals surface area contributed by atoms with Crippen molar-refractivity contribution in [1.82, 2.24) is 4.90 Å². The third-order valence-corrected chi connectivity index (χ3v) is 2.71. The van der Waals surface area contributed by atoms with Crippen LogP contribution in [0.25, 0.3) is 0 Å². The molecule has 4 nitrogen and oxygen atoms in total. The minimum absolute atomic E-state index is 0.0711. The molecule has 0 aromatic rings. The number of nitrogens with zero attached hydrogens (tertiary/aromatic N) is 1. The Bertz CT molecular complexity index is 212. The van der Waals surface area contributed by atoms with E-state index in [-0.39, 0.29) is 18.3 Å². The number of Topliss-reactive ketones (excluding diaryl/α,β-unsaturated/α-hetero) is 1. The van der Waals surface area contributed by atoms with Crippen LogP contribution in [0.1, 0.15) is 20.3 Å². The molecule has 0 aliphatic carbocycles. The lowest BCUT2D eigenvalue weighted by molar-refractivity contribution is -0.126. The van der Waals surface area contributed by atoms with Gasteiger partial charge in [-0.2, -0.15) is 0 Å². The second-order valence-electron chi connectivity index (χ2n) is 4.74. The third-order valence-electron chi connectivity index (χ3n) is 2.71. The lowest BCUT2D eigenvalue weighted by Gasteiger charge is -2.35. The van der Waals surface area contributed by atoms with Gasteiger partial charge in [0.25, 0.3) is 0 Å². The van der Waals surface area contributed by atoms with Crippen LogP contribution < -0.4 is 0 Å². The lowest BCUT2D eigenvalue weighted by Crippen LogP contribution is -2.49. The van der Waals surface area contributed by atoms with Crippen LogP contribution in [0, 0.1) is 5.92 Å². The first-order valence-electron chi connectivity index (χ1n) is 6.00. The Balaban J connectivity index is 1.83. The molecule has 1 aliphatic rings. The Labute approximate surface area is 97.9 Å². The normalized spacial score (nSPS) is 17.8. The summed E-state index contributed by atoms with van der Waals surface area (Å²) in [6.45, 7) is 7.43. The monoisotopic (exact) mass is 229 g/mol. The molecule has 0 spiro atoms. The van der Waals surface area contributed by atoms with Crippen molar-refractivity contribution < 1.29 is 14.3 Å². The maximum atomic E-state index is 11.2. The highest BCUT2D eigenvalue weighted by atomic mass is 16.5. The molecule has 1 saturated heterocycles. The average molecular weight is 229 g/mol. The molecule has 0 N–H and O–H groups in total. The van der Waals surface area contributed by atoms with Gasteiger partial charge in [-0.25, -0.2) is 0 Å². The molecule has 0 radical (unpaired) electrons. The second kappa shape index (κ2) is 6.99. The molecule has 1 rings (SSSR count). The zero-order valence-electron chi connectivity index (χ0n) is 10.6.